The fourth-order valence-corrected chi connectivity index (χ4v) is 3.50. The maximum atomic E-state index is 12.6. The van der Waals surface area contributed by atoms with Crippen molar-refractivity contribution in [1.29, 1.82) is 0 Å². The van der Waals surface area contributed by atoms with Crippen LogP contribution < -0.4 is 5.32 Å². The first-order chi connectivity index (χ1) is 15.4. The van der Waals surface area contributed by atoms with Crippen LogP contribution in [-0.4, -0.2) is 94.0 Å². The summed E-state index contributed by atoms with van der Waals surface area (Å²) < 4.78 is 37.2. The van der Waals surface area contributed by atoms with Crippen molar-refractivity contribution in [3.05, 3.63) is 0 Å². The number of methoxy groups -OCH3 is 3. The second-order valence-corrected chi connectivity index (χ2v) is 7.26. The molecule has 0 bridgehead atoms. The zero-order chi connectivity index (χ0) is 25.3. The van der Waals surface area contributed by atoms with Crippen LogP contribution in [0.4, 0.5) is 0 Å². The van der Waals surface area contributed by atoms with E-state index in [1.165, 1.54) is 28.1 Å². The molecule has 1 heterocycles. The van der Waals surface area contributed by atoms with Gasteiger partial charge in [-0.15, -0.1) is 0 Å². The van der Waals surface area contributed by atoms with E-state index in [4.69, 9.17) is 33.2 Å². The summed E-state index contributed by atoms with van der Waals surface area (Å²) in [6.07, 6.45) is -5.31. The Morgan fingerprint density at radius 1 is 1.00 bits per heavy atom. The Hall–Kier alpha value is -2.77. The first-order valence-electron chi connectivity index (χ1n) is 9.99. The Balaban J connectivity index is 3.61. The molecule has 1 saturated heterocycles. The second kappa shape index (κ2) is 12.5. The molecule has 0 aromatic carbocycles. The van der Waals surface area contributed by atoms with Crippen molar-refractivity contribution < 1.29 is 57.1 Å². The molecular formula is C20H31NO12. The van der Waals surface area contributed by atoms with Crippen LogP contribution in [0.25, 0.3) is 0 Å². The van der Waals surface area contributed by atoms with Gasteiger partial charge >= 0.3 is 23.9 Å². The van der Waals surface area contributed by atoms with Gasteiger partial charge in [0.25, 0.3) is 5.79 Å². The van der Waals surface area contributed by atoms with Crippen LogP contribution in [0.15, 0.2) is 0 Å². The highest BCUT2D eigenvalue weighted by molar-refractivity contribution is 5.78. The summed E-state index contributed by atoms with van der Waals surface area (Å²) in [6, 6.07) is -1.11. The van der Waals surface area contributed by atoms with Crippen molar-refractivity contribution in [3.63, 3.8) is 0 Å². The number of ether oxygens (including phenoxy) is 7. The molecule has 0 spiro atoms. The van der Waals surface area contributed by atoms with Gasteiger partial charge in [-0.05, 0) is 0 Å². The van der Waals surface area contributed by atoms with E-state index in [0.717, 1.165) is 21.0 Å². The first kappa shape index (κ1) is 28.3. The summed E-state index contributed by atoms with van der Waals surface area (Å²) in [5.41, 5.74) is 0. The number of hydrogen-bond acceptors (Lipinski definition) is 12. The van der Waals surface area contributed by atoms with Gasteiger partial charge < -0.3 is 38.5 Å². The molecule has 1 amide bonds. The molecule has 1 N–H and O–H groups in total. The predicted molar refractivity (Wildman–Crippen MR) is 107 cm³/mol. The molecule has 1 aliphatic heterocycles. The Labute approximate surface area is 191 Å². The third-order valence-electron chi connectivity index (χ3n) is 4.81. The minimum atomic E-state index is -2.08. The molecule has 1 fully saturated rings. The number of hydrogen-bond donors (Lipinski definition) is 1. The summed E-state index contributed by atoms with van der Waals surface area (Å²) in [7, 11) is 3.55. The number of carbonyl (C=O) groups excluding carboxylic acids is 5. The smallest absolute Gasteiger partial charge is 0.366 e. The highest BCUT2D eigenvalue weighted by Gasteiger charge is 2.58. The lowest BCUT2D eigenvalue weighted by Gasteiger charge is -2.48. The second-order valence-electron chi connectivity index (χ2n) is 7.26. The summed E-state index contributed by atoms with van der Waals surface area (Å²) in [5.74, 6) is -5.65. The average Bonchev–Trinajstić information content (AvgIpc) is 2.72. The topological polar surface area (TPSA) is 162 Å². The molecule has 0 aromatic heterocycles. The molecule has 188 valence electrons. The van der Waals surface area contributed by atoms with Gasteiger partial charge in [0.15, 0.2) is 6.10 Å². The maximum Gasteiger partial charge on any atom is 0.366 e. The minimum absolute atomic E-state index is 0.342. The van der Waals surface area contributed by atoms with Crippen LogP contribution >= 0.6 is 0 Å². The monoisotopic (exact) mass is 477 g/mol. The molecule has 0 saturated carbocycles. The van der Waals surface area contributed by atoms with Crippen molar-refractivity contribution >= 4 is 29.8 Å². The largest absolute Gasteiger partial charge is 0.465 e. The number of rotatable bonds is 10. The van der Waals surface area contributed by atoms with Crippen LogP contribution in [0.1, 0.15) is 34.1 Å². The molecule has 13 heteroatoms. The standard InChI is InChI=1S/C20H31NO12/c1-10(22)21-16-14(31-12(3)24)8-20(29-7,19(26)28-6)33-18(16)17(32-13(4)25)15(27-5)9-30-11(2)23/h14-18H,8-9H2,1-7H3,(H,21,22). The zero-order valence-electron chi connectivity index (χ0n) is 19.7. The molecule has 6 unspecified atom stereocenters. The fourth-order valence-electron chi connectivity index (χ4n) is 3.50. The van der Waals surface area contributed by atoms with Gasteiger partial charge in [0.05, 0.1) is 19.6 Å². The SMILES string of the molecule is COC(=O)C1(OC)CC(OC(C)=O)C(NC(C)=O)C(C(OC(C)=O)C(COC(C)=O)OC)O1. The van der Waals surface area contributed by atoms with Crippen molar-refractivity contribution in [3.8, 4) is 0 Å². The number of carbonyl (C=O) groups is 5. The van der Waals surface area contributed by atoms with Crippen molar-refractivity contribution in [2.45, 2.75) is 70.4 Å². The van der Waals surface area contributed by atoms with Gasteiger partial charge in [-0.1, -0.05) is 0 Å². The number of amides is 1. The first-order valence-corrected chi connectivity index (χ1v) is 9.99. The molecule has 13 nitrogen and oxygen atoms in total. The third-order valence-corrected chi connectivity index (χ3v) is 4.81. The van der Waals surface area contributed by atoms with Crippen LogP contribution in [0.5, 0.6) is 0 Å². The molecule has 0 aliphatic carbocycles. The van der Waals surface area contributed by atoms with Crippen molar-refractivity contribution in [1.82, 2.24) is 5.32 Å². The van der Waals surface area contributed by atoms with E-state index in [0.29, 0.717) is 0 Å². The number of nitrogens with one attached hydrogen (secondary N) is 1. The van der Waals surface area contributed by atoms with Gasteiger partial charge in [-0.25, -0.2) is 4.79 Å². The summed E-state index contributed by atoms with van der Waals surface area (Å²) in [4.78, 5) is 59.7. The van der Waals surface area contributed by atoms with E-state index in [2.05, 4.69) is 5.32 Å². The van der Waals surface area contributed by atoms with Gasteiger partial charge in [-0.2, -0.15) is 0 Å². The highest BCUT2D eigenvalue weighted by Crippen LogP contribution is 2.36. The lowest BCUT2D eigenvalue weighted by atomic mass is 9.88. The van der Waals surface area contributed by atoms with Gasteiger partial charge in [0.2, 0.25) is 5.91 Å². The minimum Gasteiger partial charge on any atom is -0.465 e. The average molecular weight is 477 g/mol. The predicted octanol–water partition coefficient (Wildman–Crippen LogP) is -0.763. The van der Waals surface area contributed by atoms with E-state index >= 15 is 0 Å². The fraction of sp³-hybridized carbons (Fsp3) is 0.750. The molecule has 1 rings (SSSR count). The van der Waals surface area contributed by atoms with E-state index in [9.17, 15) is 24.0 Å². The van der Waals surface area contributed by atoms with E-state index in [-0.39, 0.29) is 13.0 Å². The quantitative estimate of drug-likeness (QED) is 0.309. The highest BCUT2D eigenvalue weighted by atomic mass is 16.7. The Morgan fingerprint density at radius 3 is 2.06 bits per heavy atom. The van der Waals surface area contributed by atoms with Gasteiger partial charge in [0.1, 0.15) is 24.9 Å². The summed E-state index contributed by atoms with van der Waals surface area (Å²) in [5, 5.41) is 2.60. The van der Waals surface area contributed by atoms with E-state index < -0.39 is 66.0 Å². The molecule has 33 heavy (non-hydrogen) atoms. The summed E-state index contributed by atoms with van der Waals surface area (Å²) in [6.45, 7) is 4.30. The molecule has 0 radical (unpaired) electrons. The molecule has 1 aliphatic rings. The van der Waals surface area contributed by atoms with E-state index in [1.807, 2.05) is 0 Å². The van der Waals surface area contributed by atoms with Crippen LogP contribution in [0.3, 0.4) is 0 Å². The Kier molecular flexibility index (Phi) is 10.7. The normalized spacial score (nSPS) is 26.3. The summed E-state index contributed by atoms with van der Waals surface area (Å²) >= 11 is 0. The number of esters is 4. The van der Waals surface area contributed by atoms with Crippen molar-refractivity contribution in [2.75, 3.05) is 27.9 Å². The Bertz CT molecular complexity index is 741. The lowest BCUT2D eigenvalue weighted by Crippen LogP contribution is -2.69. The zero-order valence-corrected chi connectivity index (χ0v) is 19.7. The lowest BCUT2D eigenvalue weighted by molar-refractivity contribution is -0.307. The molecule has 6 atom stereocenters. The third kappa shape index (κ3) is 7.65. The molecule has 0 aromatic rings. The van der Waals surface area contributed by atoms with Gasteiger partial charge in [-0.3, -0.25) is 19.2 Å². The van der Waals surface area contributed by atoms with Crippen molar-refractivity contribution in [2.24, 2.45) is 0 Å². The van der Waals surface area contributed by atoms with Gasteiger partial charge in [0, 0.05) is 41.9 Å². The van der Waals surface area contributed by atoms with E-state index in [1.54, 1.807) is 0 Å². The van der Waals surface area contributed by atoms with Crippen LogP contribution in [0, 0.1) is 0 Å². The Morgan fingerprint density at radius 2 is 1.64 bits per heavy atom. The molecular weight excluding hydrogens is 446 g/mol. The van der Waals surface area contributed by atoms with Crippen LogP contribution in [-0.2, 0) is 57.1 Å². The maximum absolute atomic E-state index is 12.6. The van der Waals surface area contributed by atoms with Crippen LogP contribution in [0.2, 0.25) is 0 Å².